The molecule has 0 saturated carbocycles. The Balaban J connectivity index is 1.66. The third-order valence-electron chi connectivity index (χ3n) is 6.54. The van der Waals surface area contributed by atoms with Crippen molar-refractivity contribution in [3.63, 3.8) is 0 Å². The first-order chi connectivity index (χ1) is 18.1. The van der Waals surface area contributed by atoms with E-state index in [2.05, 4.69) is 35.6 Å². The molecule has 1 atom stereocenters. The molecule has 2 aromatic carbocycles. The second-order valence-corrected chi connectivity index (χ2v) is 11.6. The van der Waals surface area contributed by atoms with Crippen LogP contribution in [0, 0.1) is 0 Å². The highest BCUT2D eigenvalue weighted by molar-refractivity contribution is 7.89. The summed E-state index contributed by atoms with van der Waals surface area (Å²) in [4.78, 5) is 4.70. The van der Waals surface area contributed by atoms with Crippen LogP contribution >= 0.6 is 0 Å². The van der Waals surface area contributed by atoms with Crippen LogP contribution in [0.5, 0.6) is 5.75 Å². The number of methoxy groups -OCH3 is 1. The largest absolute Gasteiger partial charge is 0.497 e. The van der Waals surface area contributed by atoms with Crippen LogP contribution in [0.1, 0.15) is 18.9 Å². The van der Waals surface area contributed by atoms with Gasteiger partial charge in [0, 0.05) is 38.1 Å². The number of anilines is 1. The molecule has 1 heterocycles. The molecule has 0 amide bonds. The van der Waals surface area contributed by atoms with Crippen LogP contribution in [0.15, 0.2) is 108 Å². The van der Waals surface area contributed by atoms with Crippen molar-refractivity contribution in [1.82, 2.24) is 13.9 Å². The summed E-state index contributed by atoms with van der Waals surface area (Å²) in [6, 6.07) is 12.3. The van der Waals surface area contributed by atoms with E-state index in [1.807, 2.05) is 55.1 Å². The number of imidazole rings is 1. The second-order valence-electron chi connectivity index (χ2n) is 9.52. The third kappa shape index (κ3) is 5.98. The quantitative estimate of drug-likeness (QED) is 0.358. The third-order valence-corrected chi connectivity index (χ3v) is 8.34. The number of hydrogen-bond donors (Lipinski definition) is 1. The fourth-order valence-electron chi connectivity index (χ4n) is 4.23. The molecule has 1 aromatic heterocycles. The van der Waals surface area contributed by atoms with Gasteiger partial charge in [-0.1, -0.05) is 49.1 Å². The predicted octanol–water partition coefficient (Wildman–Crippen LogP) is 5.72. The molecule has 1 N–H and O–H groups in total. The molecular formula is C30H34N4O3S. The molecule has 38 heavy (non-hydrogen) atoms. The van der Waals surface area contributed by atoms with Crippen molar-refractivity contribution in [1.29, 1.82) is 0 Å². The Morgan fingerprint density at radius 2 is 1.97 bits per heavy atom. The first-order valence-corrected chi connectivity index (χ1v) is 13.7. The first-order valence-electron chi connectivity index (χ1n) is 12.3. The Hall–Kier alpha value is -3.88. The minimum absolute atomic E-state index is 0.134. The lowest BCUT2D eigenvalue weighted by Gasteiger charge is -2.22. The van der Waals surface area contributed by atoms with E-state index < -0.39 is 10.0 Å². The standard InChI is InChI=1S/C30H34N4O3S/c1-21(2)24-10-7-22(3)28(15-11-24)32-29-16-14-26(17-27(29)30-19-33(4)20-31-30)38(35,36)34(5)18-23-8-12-25(37-6)13-9-23/h8-17,19-20,28,32H,1,3,7,18H2,2,4-6H3. The zero-order valence-corrected chi connectivity index (χ0v) is 23.1. The van der Waals surface area contributed by atoms with Crippen LogP contribution in [-0.2, 0) is 23.6 Å². The Labute approximate surface area is 225 Å². The highest BCUT2D eigenvalue weighted by Crippen LogP contribution is 2.33. The van der Waals surface area contributed by atoms with Crippen LogP contribution in [0.2, 0.25) is 0 Å². The number of aromatic nitrogens is 2. The summed E-state index contributed by atoms with van der Waals surface area (Å²) in [6.45, 7) is 10.5. The molecular weight excluding hydrogens is 496 g/mol. The van der Waals surface area contributed by atoms with Crippen LogP contribution in [0.25, 0.3) is 11.3 Å². The number of nitrogens with zero attached hydrogens (tertiary/aromatic N) is 3. The highest BCUT2D eigenvalue weighted by Gasteiger charge is 2.24. The van der Waals surface area contributed by atoms with Gasteiger partial charge >= 0.3 is 0 Å². The fraction of sp³-hybridized carbons (Fsp3) is 0.233. The zero-order valence-electron chi connectivity index (χ0n) is 22.3. The summed E-state index contributed by atoms with van der Waals surface area (Å²) in [6.07, 6.45) is 10.5. The van der Waals surface area contributed by atoms with Gasteiger partial charge in [0.15, 0.2) is 0 Å². The highest BCUT2D eigenvalue weighted by atomic mass is 32.2. The van der Waals surface area contributed by atoms with Gasteiger partial charge in [-0.05, 0) is 60.4 Å². The summed E-state index contributed by atoms with van der Waals surface area (Å²) < 4.78 is 35.5. The van der Waals surface area contributed by atoms with E-state index in [1.54, 1.807) is 38.7 Å². The lowest BCUT2D eigenvalue weighted by atomic mass is 10.0. The first kappa shape index (κ1) is 27.2. The maximum absolute atomic E-state index is 13.6. The number of hydrogen-bond acceptors (Lipinski definition) is 5. The van der Waals surface area contributed by atoms with Crippen molar-refractivity contribution in [2.75, 3.05) is 19.5 Å². The average molecular weight is 531 g/mol. The summed E-state index contributed by atoms with van der Waals surface area (Å²) in [5.41, 5.74) is 6.09. The molecule has 3 aromatic rings. The molecule has 0 saturated heterocycles. The molecule has 0 radical (unpaired) electrons. The number of ether oxygens (including phenoxy) is 1. The molecule has 8 heteroatoms. The van der Waals surface area contributed by atoms with Gasteiger partial charge in [-0.25, -0.2) is 13.4 Å². The summed E-state index contributed by atoms with van der Waals surface area (Å²) in [5.74, 6) is 0.722. The SMILES string of the molecule is C=C(C)C1=CCC(=C)C(Nc2ccc(S(=O)(=O)N(C)Cc3ccc(OC)cc3)cc2-c2cn(C)cn2)C=C1. The van der Waals surface area contributed by atoms with E-state index in [0.717, 1.165) is 33.7 Å². The maximum Gasteiger partial charge on any atom is 0.243 e. The van der Waals surface area contributed by atoms with Gasteiger partial charge in [0.2, 0.25) is 10.0 Å². The Bertz CT molecular complexity index is 1520. The average Bonchev–Trinajstić information content (AvgIpc) is 3.24. The smallest absolute Gasteiger partial charge is 0.243 e. The number of sulfonamides is 1. The van der Waals surface area contributed by atoms with Crippen LogP contribution in [0.4, 0.5) is 5.69 Å². The molecule has 0 spiro atoms. The Morgan fingerprint density at radius 3 is 2.61 bits per heavy atom. The minimum Gasteiger partial charge on any atom is -0.497 e. The number of nitrogens with one attached hydrogen (secondary N) is 1. The van der Waals surface area contributed by atoms with Crippen LogP contribution < -0.4 is 10.1 Å². The number of aryl methyl sites for hydroxylation is 1. The van der Waals surface area contributed by atoms with Crippen molar-refractivity contribution in [2.24, 2.45) is 7.05 Å². The van der Waals surface area contributed by atoms with E-state index in [4.69, 9.17) is 4.74 Å². The lowest BCUT2D eigenvalue weighted by molar-refractivity contribution is 0.414. The predicted molar refractivity (Wildman–Crippen MR) is 153 cm³/mol. The summed E-state index contributed by atoms with van der Waals surface area (Å²) >= 11 is 0. The van der Waals surface area contributed by atoms with Gasteiger partial charge in [0.25, 0.3) is 0 Å². The zero-order chi connectivity index (χ0) is 27.4. The summed E-state index contributed by atoms with van der Waals surface area (Å²) in [7, 11) is 1.29. The second kappa shape index (κ2) is 11.2. The van der Waals surface area contributed by atoms with Crippen molar-refractivity contribution >= 4 is 15.7 Å². The number of rotatable bonds is 9. The topological polar surface area (TPSA) is 76.5 Å². The molecule has 0 fully saturated rings. The minimum atomic E-state index is -3.77. The Kier molecular flexibility index (Phi) is 8.04. The van der Waals surface area contributed by atoms with E-state index in [-0.39, 0.29) is 17.5 Å². The maximum atomic E-state index is 13.6. The summed E-state index contributed by atoms with van der Waals surface area (Å²) in [5, 5.41) is 3.55. The molecule has 0 aliphatic heterocycles. The van der Waals surface area contributed by atoms with E-state index in [0.29, 0.717) is 17.7 Å². The van der Waals surface area contributed by atoms with Crippen molar-refractivity contribution < 1.29 is 13.2 Å². The van der Waals surface area contributed by atoms with Gasteiger partial charge < -0.3 is 14.6 Å². The normalized spacial score (nSPS) is 15.8. The van der Waals surface area contributed by atoms with Gasteiger partial charge in [0.1, 0.15) is 5.75 Å². The molecule has 7 nitrogen and oxygen atoms in total. The lowest BCUT2D eigenvalue weighted by Crippen LogP contribution is -2.26. The monoisotopic (exact) mass is 530 g/mol. The van der Waals surface area contributed by atoms with E-state index in [9.17, 15) is 8.42 Å². The van der Waals surface area contributed by atoms with Crippen molar-refractivity contribution in [3.05, 3.63) is 109 Å². The molecule has 198 valence electrons. The van der Waals surface area contributed by atoms with Crippen LogP contribution in [0.3, 0.4) is 0 Å². The van der Waals surface area contributed by atoms with Crippen molar-refractivity contribution in [3.8, 4) is 17.0 Å². The van der Waals surface area contributed by atoms with E-state index >= 15 is 0 Å². The molecule has 0 bridgehead atoms. The van der Waals surface area contributed by atoms with Gasteiger partial charge in [-0.3, -0.25) is 0 Å². The van der Waals surface area contributed by atoms with Gasteiger partial charge in [-0.2, -0.15) is 4.31 Å². The number of allylic oxidation sites excluding steroid dienone is 4. The molecule has 1 aliphatic rings. The van der Waals surface area contributed by atoms with Gasteiger partial charge in [-0.15, -0.1) is 0 Å². The molecule has 4 rings (SSSR count). The molecule has 1 unspecified atom stereocenters. The molecule has 1 aliphatic carbocycles. The Morgan fingerprint density at radius 1 is 1.24 bits per heavy atom. The van der Waals surface area contributed by atoms with Gasteiger partial charge in [0.05, 0.1) is 30.1 Å². The van der Waals surface area contributed by atoms with Crippen molar-refractivity contribution in [2.45, 2.75) is 30.8 Å². The van der Waals surface area contributed by atoms with E-state index in [1.165, 1.54) is 4.31 Å². The number of benzene rings is 2. The van der Waals surface area contributed by atoms with Crippen LogP contribution in [-0.4, -0.2) is 42.5 Å². The fourth-order valence-corrected chi connectivity index (χ4v) is 5.42.